The van der Waals surface area contributed by atoms with Crippen molar-refractivity contribution in [2.45, 2.75) is 36.6 Å². The summed E-state index contributed by atoms with van der Waals surface area (Å²) in [6.07, 6.45) is 1.77. The van der Waals surface area contributed by atoms with E-state index in [9.17, 15) is 24.6 Å². The van der Waals surface area contributed by atoms with E-state index in [1.54, 1.807) is 61.7 Å². The van der Waals surface area contributed by atoms with E-state index < -0.39 is 60.0 Å². The monoisotopic (exact) mass is 506 g/mol. The molecule has 2 amide bonds. The topological polar surface area (TPSA) is 117 Å². The van der Waals surface area contributed by atoms with Gasteiger partial charge in [-0.3, -0.25) is 14.4 Å². The van der Waals surface area contributed by atoms with Crippen LogP contribution in [0.15, 0.2) is 67.3 Å². The number of amides is 2. The van der Waals surface area contributed by atoms with Crippen LogP contribution in [-0.2, 0) is 19.1 Å². The van der Waals surface area contributed by atoms with Crippen molar-refractivity contribution in [3.05, 3.63) is 72.8 Å². The maximum Gasteiger partial charge on any atom is 0.310 e. The van der Waals surface area contributed by atoms with Crippen LogP contribution in [0.4, 0.5) is 5.69 Å². The van der Waals surface area contributed by atoms with Crippen LogP contribution in [0, 0.1) is 11.8 Å². The van der Waals surface area contributed by atoms with Crippen molar-refractivity contribution in [2.24, 2.45) is 11.8 Å². The number of hydrogen-bond acceptors (Lipinski definition) is 6. The normalized spacial score (nSPS) is 28.6. The summed E-state index contributed by atoms with van der Waals surface area (Å²) < 4.78 is 11.6. The van der Waals surface area contributed by atoms with Crippen molar-refractivity contribution in [1.82, 2.24) is 4.90 Å². The SMILES string of the molecule is C=CCN(C(=O)[C@H]1N([C@H](CO)c2ccccc2)C(=O)[C@@H]2[C@@H](C(=O)O)[C@H]3CC[C@]21O3)c1ccc(OC)cc1. The summed E-state index contributed by atoms with van der Waals surface area (Å²) in [4.78, 5) is 43.6. The summed E-state index contributed by atoms with van der Waals surface area (Å²) in [6.45, 7) is 3.52. The van der Waals surface area contributed by atoms with Crippen molar-refractivity contribution in [3.63, 3.8) is 0 Å². The number of carbonyl (C=O) groups is 3. The number of benzene rings is 2. The summed E-state index contributed by atoms with van der Waals surface area (Å²) in [5, 5.41) is 20.5. The van der Waals surface area contributed by atoms with Crippen molar-refractivity contribution in [1.29, 1.82) is 0 Å². The molecule has 2 aromatic rings. The van der Waals surface area contributed by atoms with Gasteiger partial charge in [0.15, 0.2) is 0 Å². The first-order chi connectivity index (χ1) is 17.9. The summed E-state index contributed by atoms with van der Waals surface area (Å²) in [6, 6.07) is 13.9. The third-order valence-corrected chi connectivity index (χ3v) is 7.91. The molecule has 9 nitrogen and oxygen atoms in total. The van der Waals surface area contributed by atoms with Crippen molar-refractivity contribution >= 4 is 23.5 Å². The quantitative estimate of drug-likeness (QED) is 0.502. The van der Waals surface area contributed by atoms with E-state index >= 15 is 0 Å². The number of aliphatic hydroxyl groups excluding tert-OH is 1. The maximum absolute atomic E-state index is 14.4. The molecule has 2 bridgehead atoms. The predicted molar refractivity (Wildman–Crippen MR) is 134 cm³/mol. The number of anilines is 1. The summed E-state index contributed by atoms with van der Waals surface area (Å²) >= 11 is 0. The standard InChI is InChI=1S/C28H30N2O7/c1-3-15-29(18-9-11-19(36-2)12-10-18)26(33)24-28-14-13-21(37-28)22(27(34)35)23(28)25(32)30(24)20(16-31)17-7-5-4-6-8-17/h3-12,20-24,31H,1,13-16H2,2H3,(H,34,35)/t20-,21-,22+,23+,24-,28+/m1/s1. The lowest BCUT2D eigenvalue weighted by molar-refractivity contribution is -0.151. The molecule has 2 aromatic carbocycles. The van der Waals surface area contributed by atoms with Crippen LogP contribution in [-0.4, -0.2) is 70.9 Å². The van der Waals surface area contributed by atoms with Gasteiger partial charge < -0.3 is 29.5 Å². The van der Waals surface area contributed by atoms with Crippen molar-refractivity contribution in [3.8, 4) is 5.75 Å². The molecule has 0 unspecified atom stereocenters. The molecule has 37 heavy (non-hydrogen) atoms. The van der Waals surface area contributed by atoms with Gasteiger partial charge in [-0.25, -0.2) is 0 Å². The van der Waals surface area contributed by atoms with Crippen molar-refractivity contribution < 1.29 is 34.1 Å². The van der Waals surface area contributed by atoms with Gasteiger partial charge in [0.2, 0.25) is 5.91 Å². The average Bonchev–Trinajstić information content (AvgIpc) is 3.56. The molecule has 6 atom stereocenters. The number of carbonyl (C=O) groups excluding carboxylic acids is 2. The number of ether oxygens (including phenoxy) is 2. The lowest BCUT2D eigenvalue weighted by Gasteiger charge is -2.39. The highest BCUT2D eigenvalue weighted by molar-refractivity contribution is 6.04. The number of rotatable bonds is 9. The molecule has 3 fully saturated rings. The zero-order valence-corrected chi connectivity index (χ0v) is 20.5. The highest BCUT2D eigenvalue weighted by Crippen LogP contribution is 2.60. The zero-order chi connectivity index (χ0) is 26.3. The molecule has 3 heterocycles. The molecule has 3 aliphatic heterocycles. The number of aliphatic hydroxyl groups is 1. The fraction of sp³-hybridized carbons (Fsp3) is 0.393. The minimum atomic E-state index is -1.30. The van der Waals surface area contributed by atoms with Gasteiger partial charge in [-0.05, 0) is 42.7 Å². The first-order valence-electron chi connectivity index (χ1n) is 12.3. The molecule has 3 saturated heterocycles. The fourth-order valence-electron chi connectivity index (χ4n) is 6.38. The Kier molecular flexibility index (Phi) is 6.51. The van der Waals surface area contributed by atoms with Gasteiger partial charge in [-0.1, -0.05) is 36.4 Å². The molecular formula is C28H30N2O7. The third-order valence-electron chi connectivity index (χ3n) is 7.91. The van der Waals surface area contributed by atoms with Gasteiger partial charge in [-0.2, -0.15) is 0 Å². The van der Waals surface area contributed by atoms with E-state index in [0.717, 1.165) is 0 Å². The third kappa shape index (κ3) is 3.81. The minimum absolute atomic E-state index is 0.158. The van der Waals surface area contributed by atoms with E-state index in [1.807, 2.05) is 6.07 Å². The van der Waals surface area contributed by atoms with Crippen LogP contribution in [0.2, 0.25) is 0 Å². The van der Waals surface area contributed by atoms with Gasteiger partial charge in [0.25, 0.3) is 5.91 Å². The number of likely N-dealkylation sites (tertiary alicyclic amines) is 1. The van der Waals surface area contributed by atoms with Gasteiger partial charge >= 0.3 is 5.97 Å². The average molecular weight is 507 g/mol. The molecule has 0 radical (unpaired) electrons. The van der Waals surface area contributed by atoms with E-state index in [2.05, 4.69) is 6.58 Å². The molecule has 194 valence electrons. The van der Waals surface area contributed by atoms with Gasteiger partial charge in [-0.15, -0.1) is 6.58 Å². The van der Waals surface area contributed by atoms with E-state index in [0.29, 0.717) is 29.8 Å². The number of methoxy groups -OCH3 is 1. The number of hydrogen-bond donors (Lipinski definition) is 2. The molecule has 3 aliphatic rings. The Bertz CT molecular complexity index is 1200. The number of nitrogens with zero attached hydrogens (tertiary/aromatic N) is 2. The van der Waals surface area contributed by atoms with Gasteiger partial charge in [0, 0.05) is 12.2 Å². The molecule has 9 heteroatoms. The molecular weight excluding hydrogens is 476 g/mol. The minimum Gasteiger partial charge on any atom is -0.497 e. The number of carboxylic acids is 1. The highest BCUT2D eigenvalue weighted by atomic mass is 16.5. The summed E-state index contributed by atoms with van der Waals surface area (Å²) in [7, 11) is 1.55. The van der Waals surface area contributed by atoms with Crippen LogP contribution >= 0.6 is 0 Å². The first kappa shape index (κ1) is 25.0. The zero-order valence-electron chi connectivity index (χ0n) is 20.5. The first-order valence-corrected chi connectivity index (χ1v) is 12.3. The number of carboxylic acid groups (broad SMARTS) is 1. The van der Waals surface area contributed by atoms with Crippen molar-refractivity contribution in [2.75, 3.05) is 25.2 Å². The van der Waals surface area contributed by atoms with Gasteiger partial charge in [0.05, 0.1) is 37.7 Å². The largest absolute Gasteiger partial charge is 0.497 e. The Balaban J connectivity index is 1.63. The van der Waals surface area contributed by atoms with E-state index in [4.69, 9.17) is 9.47 Å². The molecule has 5 rings (SSSR count). The Morgan fingerprint density at radius 3 is 2.54 bits per heavy atom. The second kappa shape index (κ2) is 9.64. The van der Waals surface area contributed by atoms with Crippen LogP contribution in [0.1, 0.15) is 24.4 Å². The second-order valence-electron chi connectivity index (χ2n) is 9.68. The van der Waals surface area contributed by atoms with Crippen LogP contribution in [0.3, 0.4) is 0 Å². The fourth-order valence-corrected chi connectivity index (χ4v) is 6.38. The summed E-state index contributed by atoms with van der Waals surface area (Å²) in [5.41, 5.74) is -0.0788. The van der Waals surface area contributed by atoms with E-state index in [-0.39, 0.29) is 6.54 Å². The Morgan fingerprint density at radius 2 is 1.95 bits per heavy atom. The molecule has 0 aromatic heterocycles. The lowest BCUT2D eigenvalue weighted by Crippen LogP contribution is -2.57. The van der Waals surface area contributed by atoms with E-state index in [1.165, 1.54) is 9.80 Å². The van der Waals surface area contributed by atoms with Gasteiger partial charge in [0.1, 0.15) is 17.4 Å². The molecule has 1 spiro atoms. The molecule has 0 saturated carbocycles. The summed E-state index contributed by atoms with van der Waals surface area (Å²) in [5.74, 6) is -3.46. The second-order valence-corrected chi connectivity index (χ2v) is 9.68. The van der Waals surface area contributed by atoms with Crippen LogP contribution in [0.25, 0.3) is 0 Å². The smallest absolute Gasteiger partial charge is 0.310 e. The number of aliphatic carboxylic acids is 1. The number of fused-ring (bicyclic) bond motifs is 1. The van der Waals surface area contributed by atoms with Crippen LogP contribution in [0.5, 0.6) is 5.75 Å². The molecule has 0 aliphatic carbocycles. The predicted octanol–water partition coefficient (Wildman–Crippen LogP) is 2.41. The lowest BCUT2D eigenvalue weighted by atomic mass is 9.70. The Labute approximate surface area is 214 Å². The maximum atomic E-state index is 14.4. The Hall–Kier alpha value is -3.69. The highest BCUT2D eigenvalue weighted by Gasteiger charge is 2.75. The van der Waals surface area contributed by atoms with Crippen LogP contribution < -0.4 is 9.64 Å². The Morgan fingerprint density at radius 1 is 1.24 bits per heavy atom. The molecule has 2 N–H and O–H groups in total.